The van der Waals surface area contributed by atoms with Crippen LogP contribution in [0.3, 0.4) is 0 Å². The summed E-state index contributed by atoms with van der Waals surface area (Å²) in [5, 5.41) is 2.92. The Morgan fingerprint density at radius 2 is 2.05 bits per heavy atom. The first-order valence-corrected chi connectivity index (χ1v) is 8.60. The van der Waals surface area contributed by atoms with Gasteiger partial charge in [0, 0.05) is 27.7 Å². The van der Waals surface area contributed by atoms with Gasteiger partial charge in [0.2, 0.25) is 15.9 Å². The molecule has 1 aromatic heterocycles. The van der Waals surface area contributed by atoms with Gasteiger partial charge in [0.1, 0.15) is 5.00 Å². The van der Waals surface area contributed by atoms with Gasteiger partial charge in [-0.3, -0.25) is 4.79 Å². The predicted octanol–water partition coefficient (Wildman–Crippen LogP) is -0.0620. The van der Waals surface area contributed by atoms with Crippen LogP contribution in [0.4, 0.5) is 10.8 Å². The van der Waals surface area contributed by atoms with Crippen LogP contribution in [0.15, 0.2) is 4.90 Å². The summed E-state index contributed by atoms with van der Waals surface area (Å²) in [5.41, 5.74) is 5.73. The van der Waals surface area contributed by atoms with Crippen molar-refractivity contribution in [3.8, 4) is 0 Å². The van der Waals surface area contributed by atoms with E-state index in [1.165, 1.54) is 21.1 Å². The van der Waals surface area contributed by atoms with Crippen LogP contribution >= 0.6 is 11.5 Å². The van der Waals surface area contributed by atoms with Gasteiger partial charge >= 0.3 is 0 Å². The highest BCUT2D eigenvalue weighted by molar-refractivity contribution is 7.89. The van der Waals surface area contributed by atoms with E-state index in [4.69, 9.17) is 5.73 Å². The zero-order chi connectivity index (χ0) is 16.2. The van der Waals surface area contributed by atoms with Crippen LogP contribution in [0.1, 0.15) is 13.3 Å². The van der Waals surface area contributed by atoms with Crippen LogP contribution in [0, 0.1) is 0 Å². The number of aromatic nitrogens is 1. The van der Waals surface area contributed by atoms with E-state index in [0.717, 1.165) is 22.3 Å². The third-order valence-corrected chi connectivity index (χ3v) is 5.72. The van der Waals surface area contributed by atoms with E-state index >= 15 is 0 Å². The maximum Gasteiger partial charge on any atom is 0.249 e. The lowest BCUT2D eigenvalue weighted by Crippen LogP contribution is -2.37. The van der Waals surface area contributed by atoms with Gasteiger partial charge in [-0.2, -0.15) is 4.37 Å². The average Bonchev–Trinajstić information content (AvgIpc) is 2.80. The highest BCUT2D eigenvalue weighted by atomic mass is 32.2. The molecule has 0 aromatic carbocycles. The summed E-state index contributed by atoms with van der Waals surface area (Å²) in [4.78, 5) is 13.3. The minimum atomic E-state index is -3.72. The van der Waals surface area contributed by atoms with Gasteiger partial charge in [-0.1, -0.05) is 6.92 Å². The number of sulfonamides is 1. The van der Waals surface area contributed by atoms with Gasteiger partial charge in [-0.05, 0) is 18.0 Å². The number of carbonyl (C=O) groups is 1. The Bertz CT molecular complexity index is 597. The summed E-state index contributed by atoms with van der Waals surface area (Å²) in [6.45, 7) is 2.54. The number of hydrogen-bond donors (Lipinski definition) is 2. The van der Waals surface area contributed by atoms with Gasteiger partial charge < -0.3 is 16.0 Å². The normalized spacial score (nSPS) is 11.7. The van der Waals surface area contributed by atoms with Crippen LogP contribution in [0.2, 0.25) is 0 Å². The van der Waals surface area contributed by atoms with Crippen molar-refractivity contribution in [2.75, 3.05) is 44.9 Å². The van der Waals surface area contributed by atoms with Crippen molar-refractivity contribution in [3.05, 3.63) is 0 Å². The number of anilines is 2. The molecule has 0 fully saturated rings. The Balaban J connectivity index is 3.31. The molecule has 3 N–H and O–H groups in total. The first kappa shape index (κ1) is 17.7. The molecule has 1 aromatic rings. The monoisotopic (exact) mass is 335 g/mol. The average molecular weight is 335 g/mol. The summed E-state index contributed by atoms with van der Waals surface area (Å²) in [7, 11) is 0.674. The summed E-state index contributed by atoms with van der Waals surface area (Å²) in [6.07, 6.45) is 0.760. The first-order chi connectivity index (χ1) is 9.75. The molecule has 1 heterocycles. The number of rotatable bonds is 7. The summed E-state index contributed by atoms with van der Waals surface area (Å²) >= 11 is 0.986. The highest BCUT2D eigenvalue weighted by Gasteiger charge is 2.30. The zero-order valence-electron chi connectivity index (χ0n) is 12.6. The molecule has 8 nitrogen and oxygen atoms in total. The standard InChI is InChI=1S/C11H21N5O3S2/c1-5-6-16(7-8(17)13-2)11-9(10(12)14-20-11)21(18,19)15(3)4/h5-7H2,1-4H3,(H2,12,14)(H,13,17). The minimum absolute atomic E-state index is 0.0325. The van der Waals surface area contributed by atoms with Crippen LogP contribution in [-0.2, 0) is 14.8 Å². The number of carbonyl (C=O) groups excluding carboxylic acids is 1. The molecule has 21 heavy (non-hydrogen) atoms. The fraction of sp³-hybridized carbons (Fsp3) is 0.636. The maximum absolute atomic E-state index is 12.4. The van der Waals surface area contributed by atoms with Crippen LogP contribution in [-0.4, -0.2) is 57.2 Å². The molecule has 1 amide bonds. The van der Waals surface area contributed by atoms with Crippen molar-refractivity contribution >= 4 is 38.3 Å². The molecule has 0 aliphatic carbocycles. The number of amides is 1. The topological polar surface area (TPSA) is 109 Å². The third-order valence-electron chi connectivity index (χ3n) is 2.79. The van der Waals surface area contributed by atoms with Crippen molar-refractivity contribution in [2.45, 2.75) is 18.2 Å². The smallest absolute Gasteiger partial charge is 0.249 e. The summed E-state index contributed by atoms with van der Waals surface area (Å²) in [5.74, 6) is -0.245. The van der Waals surface area contributed by atoms with E-state index in [2.05, 4.69) is 9.69 Å². The molecular weight excluding hydrogens is 314 g/mol. The van der Waals surface area contributed by atoms with Gasteiger partial charge in [-0.15, -0.1) is 0 Å². The molecule has 0 saturated heterocycles. The van der Waals surface area contributed by atoms with E-state index in [0.29, 0.717) is 11.5 Å². The number of likely N-dealkylation sites (N-methyl/N-ethyl adjacent to an activating group) is 1. The summed E-state index contributed by atoms with van der Waals surface area (Å²) in [6, 6.07) is 0. The fourth-order valence-electron chi connectivity index (χ4n) is 1.69. The van der Waals surface area contributed by atoms with Gasteiger partial charge in [0.15, 0.2) is 10.7 Å². The van der Waals surface area contributed by atoms with E-state index in [1.807, 2.05) is 6.92 Å². The molecule has 10 heteroatoms. The van der Waals surface area contributed by atoms with Crippen molar-refractivity contribution in [3.63, 3.8) is 0 Å². The molecule has 0 aliphatic heterocycles. The minimum Gasteiger partial charge on any atom is -0.382 e. The molecule has 0 spiro atoms. The lowest BCUT2D eigenvalue weighted by Gasteiger charge is -2.23. The molecule has 0 radical (unpaired) electrons. The number of nitrogens with one attached hydrogen (secondary N) is 1. The van der Waals surface area contributed by atoms with Crippen molar-refractivity contribution < 1.29 is 13.2 Å². The lowest BCUT2D eigenvalue weighted by molar-refractivity contribution is -0.119. The summed E-state index contributed by atoms with van der Waals surface area (Å²) < 4.78 is 29.8. The van der Waals surface area contributed by atoms with E-state index < -0.39 is 10.0 Å². The molecule has 1 rings (SSSR count). The van der Waals surface area contributed by atoms with Crippen LogP contribution in [0.25, 0.3) is 0 Å². The van der Waals surface area contributed by atoms with Crippen LogP contribution in [0.5, 0.6) is 0 Å². The molecular formula is C11H21N5O3S2. The Morgan fingerprint density at radius 3 is 2.52 bits per heavy atom. The number of hydrogen-bond acceptors (Lipinski definition) is 7. The van der Waals surface area contributed by atoms with Crippen molar-refractivity contribution in [1.29, 1.82) is 0 Å². The second-order valence-electron chi connectivity index (χ2n) is 4.58. The molecule has 0 aliphatic rings. The SMILES string of the molecule is CCCN(CC(=O)NC)c1snc(N)c1S(=O)(=O)N(C)C. The largest absolute Gasteiger partial charge is 0.382 e. The van der Waals surface area contributed by atoms with E-state index in [-0.39, 0.29) is 23.2 Å². The predicted molar refractivity (Wildman–Crippen MR) is 84.0 cm³/mol. The molecule has 0 atom stereocenters. The van der Waals surface area contributed by atoms with Crippen LogP contribution < -0.4 is 16.0 Å². The second-order valence-corrected chi connectivity index (χ2v) is 7.42. The van der Waals surface area contributed by atoms with E-state index in [9.17, 15) is 13.2 Å². The number of nitrogens with two attached hydrogens (primary N) is 1. The van der Waals surface area contributed by atoms with E-state index in [1.54, 1.807) is 4.90 Å². The Kier molecular flexibility index (Phi) is 5.93. The molecule has 0 bridgehead atoms. The third kappa shape index (κ3) is 3.83. The fourth-order valence-corrected chi connectivity index (χ4v) is 3.93. The molecule has 120 valence electrons. The highest BCUT2D eigenvalue weighted by Crippen LogP contribution is 2.35. The van der Waals surface area contributed by atoms with Crippen molar-refractivity contribution in [1.82, 2.24) is 14.0 Å². The second kappa shape index (κ2) is 7.05. The van der Waals surface area contributed by atoms with Crippen molar-refractivity contribution in [2.24, 2.45) is 0 Å². The maximum atomic E-state index is 12.4. The molecule has 0 saturated carbocycles. The Hall–Kier alpha value is -1.39. The first-order valence-electron chi connectivity index (χ1n) is 6.38. The Morgan fingerprint density at radius 1 is 1.43 bits per heavy atom. The molecule has 0 unspecified atom stereocenters. The quantitative estimate of drug-likeness (QED) is 0.722. The number of nitrogen functional groups attached to an aromatic ring is 1. The zero-order valence-corrected chi connectivity index (χ0v) is 14.2. The van der Waals surface area contributed by atoms with Gasteiger partial charge in [0.05, 0.1) is 6.54 Å². The van der Waals surface area contributed by atoms with Gasteiger partial charge in [0.25, 0.3) is 0 Å². The Labute approximate surface area is 129 Å². The number of nitrogens with zero attached hydrogens (tertiary/aromatic N) is 3. The van der Waals surface area contributed by atoms with Gasteiger partial charge in [-0.25, -0.2) is 12.7 Å². The lowest BCUT2D eigenvalue weighted by atomic mass is 10.4.